The van der Waals surface area contributed by atoms with Gasteiger partial charge in [0, 0.05) is 86.1 Å². The minimum atomic E-state index is 0.817. The van der Waals surface area contributed by atoms with Gasteiger partial charge >= 0.3 is 0 Å². The number of hydrogen-bond donors (Lipinski definition) is 0. The summed E-state index contributed by atoms with van der Waals surface area (Å²) in [6.45, 7) is 0. The molecule has 0 aliphatic heterocycles. The molecule has 13 rings (SSSR count). The topological polar surface area (TPSA) is 61.6 Å². The Labute approximate surface area is 416 Å². The Balaban J connectivity index is 0.919. The smallest absolute Gasteiger partial charge is 0.162 e. The maximum absolute atomic E-state index is 5.30. The molecule has 0 spiro atoms. The van der Waals surface area contributed by atoms with Gasteiger partial charge in [-0.15, -0.1) is 0 Å². The molecule has 0 N–H and O–H groups in total. The molecule has 0 saturated carbocycles. The summed E-state index contributed by atoms with van der Waals surface area (Å²) in [5.74, 6) is 0. The average molecular weight is 928 g/mol. The Bertz CT molecular complexity index is 3300. The molecule has 9 aromatic carbocycles. The summed E-state index contributed by atoms with van der Waals surface area (Å²) in [7, 11) is 0. The van der Waals surface area contributed by atoms with Crippen molar-refractivity contribution in [2.24, 2.45) is 0 Å². The fourth-order valence-corrected chi connectivity index (χ4v) is 9.64. The number of para-hydroxylation sites is 6. The van der Waals surface area contributed by atoms with Crippen molar-refractivity contribution in [3.63, 3.8) is 0 Å². The third-order valence-corrected chi connectivity index (χ3v) is 13.1. The maximum Gasteiger partial charge on any atom is 0.162 e. The van der Waals surface area contributed by atoms with E-state index in [0.29, 0.717) is 0 Å². The van der Waals surface area contributed by atoms with Crippen LogP contribution in [-0.2, 0) is 0 Å². The van der Waals surface area contributed by atoms with Gasteiger partial charge in [-0.2, -0.15) is 28.8 Å². The van der Waals surface area contributed by atoms with Gasteiger partial charge in [0.25, 0.3) is 0 Å². The van der Waals surface area contributed by atoms with Crippen molar-refractivity contribution in [1.82, 2.24) is 28.8 Å². The van der Waals surface area contributed by atoms with Crippen LogP contribution in [0.5, 0.6) is 0 Å². The second-order valence-electron chi connectivity index (χ2n) is 17.6. The predicted octanol–water partition coefficient (Wildman–Crippen LogP) is 16.0. The fraction of sp³-hybridized carbons (Fsp3) is 0. The largest absolute Gasteiger partial charge is 0.311 e. The van der Waals surface area contributed by atoms with E-state index in [1.807, 2.05) is 49.9 Å². The van der Waals surface area contributed by atoms with E-state index >= 15 is 0 Å². The van der Waals surface area contributed by atoms with Gasteiger partial charge < -0.3 is 14.7 Å². The highest BCUT2D eigenvalue weighted by Gasteiger charge is 2.21. The molecule has 0 radical (unpaired) electrons. The zero-order valence-electron chi connectivity index (χ0n) is 39.0. The van der Waals surface area contributed by atoms with E-state index in [1.165, 1.54) is 0 Å². The van der Waals surface area contributed by atoms with Crippen LogP contribution in [0.15, 0.2) is 273 Å². The normalized spacial score (nSPS) is 11.3. The molecular formula is C63H45N9. The molecule has 0 aliphatic carbocycles. The molecule has 0 amide bonds. The van der Waals surface area contributed by atoms with Crippen LogP contribution in [0.2, 0.25) is 0 Å². The molecular weight excluding hydrogens is 883 g/mol. The Morgan fingerprint density at radius 3 is 0.583 bits per heavy atom. The van der Waals surface area contributed by atoms with Crippen molar-refractivity contribution < 1.29 is 0 Å². The molecule has 0 saturated heterocycles. The number of hydrogen-bond acceptors (Lipinski definition) is 6. The first kappa shape index (κ1) is 42.1. The summed E-state index contributed by atoms with van der Waals surface area (Å²) >= 11 is 0. The van der Waals surface area contributed by atoms with Crippen LogP contribution >= 0.6 is 0 Å². The molecule has 0 atom stereocenters. The minimum Gasteiger partial charge on any atom is -0.311 e. The first-order valence-electron chi connectivity index (χ1n) is 24.0. The average Bonchev–Trinajstić information content (AvgIpc) is 4.22. The third kappa shape index (κ3) is 7.77. The van der Waals surface area contributed by atoms with E-state index in [9.17, 15) is 0 Å². The van der Waals surface area contributed by atoms with Gasteiger partial charge in [0.2, 0.25) is 0 Å². The van der Waals surface area contributed by atoms with E-state index in [1.54, 1.807) is 0 Å². The summed E-state index contributed by atoms with van der Waals surface area (Å²) in [5.41, 5.74) is 17.5. The SMILES string of the molecule is c1ccc(N(c2ccccc2)c2ccc(-c3cc4n(n3)c3cc(-c5ccc(N(c6ccccc6)c6ccccc6)cc5)nn3c3cc(-c5ccc(N(c6ccccc6)c6ccccc6)cc5)nn43)cc2)cc1. The maximum atomic E-state index is 5.30. The Hall–Kier alpha value is -9.99. The molecule has 4 aromatic heterocycles. The van der Waals surface area contributed by atoms with Gasteiger partial charge in [0.1, 0.15) is 0 Å². The van der Waals surface area contributed by atoms with Crippen LogP contribution in [0.4, 0.5) is 51.2 Å². The zero-order chi connectivity index (χ0) is 47.8. The molecule has 4 heterocycles. The van der Waals surface area contributed by atoms with Crippen molar-refractivity contribution in [3.05, 3.63) is 273 Å². The number of rotatable bonds is 12. The lowest BCUT2D eigenvalue weighted by Gasteiger charge is -2.25. The van der Waals surface area contributed by atoms with E-state index in [2.05, 4.69) is 251 Å². The van der Waals surface area contributed by atoms with Crippen LogP contribution < -0.4 is 14.7 Å². The van der Waals surface area contributed by atoms with Crippen LogP contribution in [0.1, 0.15) is 0 Å². The van der Waals surface area contributed by atoms with Crippen LogP contribution in [0.3, 0.4) is 0 Å². The summed E-state index contributed by atoms with van der Waals surface area (Å²) in [6.07, 6.45) is 0. The molecule has 342 valence electrons. The van der Waals surface area contributed by atoms with E-state index in [4.69, 9.17) is 15.3 Å². The number of benzene rings is 9. The zero-order valence-corrected chi connectivity index (χ0v) is 39.0. The second-order valence-corrected chi connectivity index (χ2v) is 17.6. The Morgan fingerprint density at radius 1 is 0.208 bits per heavy atom. The lowest BCUT2D eigenvalue weighted by Crippen LogP contribution is -2.09. The van der Waals surface area contributed by atoms with Crippen LogP contribution in [-0.4, -0.2) is 28.8 Å². The lowest BCUT2D eigenvalue weighted by atomic mass is 10.1. The van der Waals surface area contributed by atoms with Gasteiger partial charge in [0.15, 0.2) is 16.9 Å². The summed E-state index contributed by atoms with van der Waals surface area (Å²) in [4.78, 5) is 6.79. The number of anilines is 9. The van der Waals surface area contributed by atoms with E-state index in [-0.39, 0.29) is 0 Å². The highest BCUT2D eigenvalue weighted by molar-refractivity contribution is 5.82. The first-order chi connectivity index (χ1) is 35.7. The Morgan fingerprint density at radius 2 is 0.389 bits per heavy atom. The molecule has 0 aliphatic rings. The third-order valence-electron chi connectivity index (χ3n) is 13.1. The van der Waals surface area contributed by atoms with E-state index in [0.717, 1.165) is 102 Å². The molecule has 0 unspecified atom stereocenters. The predicted molar refractivity (Wildman–Crippen MR) is 293 cm³/mol. The molecule has 72 heavy (non-hydrogen) atoms. The second kappa shape index (κ2) is 18.2. The highest BCUT2D eigenvalue weighted by atomic mass is 15.4. The van der Waals surface area contributed by atoms with Gasteiger partial charge in [-0.3, -0.25) is 0 Å². The summed E-state index contributed by atoms with van der Waals surface area (Å²) < 4.78 is 5.89. The van der Waals surface area contributed by atoms with Crippen molar-refractivity contribution in [1.29, 1.82) is 0 Å². The standard InChI is InChI=1S/C63H45N9/c1-7-19-49(20-8-1)67(50-21-9-2-10-22-50)55-37-31-46(32-38-55)58-43-61-70(64-58)62-44-59(47-33-39-56(40-34-47)68(51-23-11-3-12-24-51)52-25-13-4-14-26-52)66-72(62)63-45-60(65-71(61)63)48-35-41-57(42-36-48)69(53-27-15-5-16-28-53)54-29-17-6-18-30-54/h1-45H. The minimum absolute atomic E-state index is 0.817. The Kier molecular flexibility index (Phi) is 10.6. The number of fused-ring (bicyclic) bond motifs is 6. The lowest BCUT2D eigenvalue weighted by molar-refractivity contribution is 0.831. The van der Waals surface area contributed by atoms with Gasteiger partial charge in [-0.1, -0.05) is 146 Å². The van der Waals surface area contributed by atoms with Crippen LogP contribution in [0, 0.1) is 0 Å². The fourth-order valence-electron chi connectivity index (χ4n) is 9.64. The molecule has 9 nitrogen and oxygen atoms in total. The first-order valence-corrected chi connectivity index (χ1v) is 24.0. The number of nitrogens with zero attached hydrogens (tertiary/aromatic N) is 9. The molecule has 9 heteroatoms. The molecule has 0 fully saturated rings. The quantitative estimate of drug-likeness (QED) is 0.122. The highest BCUT2D eigenvalue weighted by Crippen LogP contribution is 2.39. The van der Waals surface area contributed by atoms with Crippen molar-refractivity contribution in [2.75, 3.05) is 14.7 Å². The van der Waals surface area contributed by atoms with Crippen molar-refractivity contribution >= 4 is 68.1 Å². The van der Waals surface area contributed by atoms with Gasteiger partial charge in [-0.25, -0.2) is 0 Å². The van der Waals surface area contributed by atoms with E-state index < -0.39 is 0 Å². The summed E-state index contributed by atoms with van der Waals surface area (Å²) in [5, 5.41) is 15.9. The number of aromatic nitrogens is 6. The van der Waals surface area contributed by atoms with Gasteiger partial charge in [0.05, 0.1) is 17.1 Å². The van der Waals surface area contributed by atoms with Crippen LogP contribution in [0.25, 0.3) is 50.7 Å². The molecule has 0 bridgehead atoms. The van der Waals surface area contributed by atoms with Gasteiger partial charge in [-0.05, 0) is 109 Å². The van der Waals surface area contributed by atoms with Crippen molar-refractivity contribution in [3.8, 4) is 33.8 Å². The molecule has 13 aromatic rings. The summed E-state index contributed by atoms with van der Waals surface area (Å²) in [6, 6.07) is 94.9. The monoisotopic (exact) mass is 927 g/mol. The van der Waals surface area contributed by atoms with Crippen molar-refractivity contribution in [2.45, 2.75) is 0 Å².